The van der Waals surface area contributed by atoms with E-state index >= 15 is 0 Å². The third-order valence-corrected chi connectivity index (χ3v) is 7.41. The molecule has 150 valence electrons. The Morgan fingerprint density at radius 1 is 1.11 bits per heavy atom. The van der Waals surface area contributed by atoms with Gasteiger partial charge in [0.15, 0.2) is 0 Å². The second kappa shape index (κ2) is 7.59. The quantitative estimate of drug-likeness (QED) is 0.571. The summed E-state index contributed by atoms with van der Waals surface area (Å²) in [5, 5.41) is 19.7. The molecule has 0 N–H and O–H groups in total. The number of nitro benzene ring substituents is 1. The highest BCUT2D eigenvalue weighted by molar-refractivity contribution is 7.89. The predicted molar refractivity (Wildman–Crippen MR) is 101 cm³/mol. The largest absolute Gasteiger partial charge is 0.315 e. The number of non-ortho nitro benzene ring substituents is 1. The van der Waals surface area contributed by atoms with E-state index < -0.39 is 14.9 Å². The maximum absolute atomic E-state index is 13.1. The molecule has 10 heteroatoms. The van der Waals surface area contributed by atoms with Gasteiger partial charge in [0.2, 0.25) is 10.0 Å². The average Bonchev–Trinajstić information content (AvgIpc) is 2.96. The Hall–Kier alpha value is -2.33. The third-order valence-electron chi connectivity index (χ3n) is 5.55. The molecule has 1 aromatic carbocycles. The first-order chi connectivity index (χ1) is 13.5. The fourth-order valence-electron chi connectivity index (χ4n) is 4.09. The van der Waals surface area contributed by atoms with E-state index in [9.17, 15) is 18.5 Å². The zero-order valence-electron chi connectivity index (χ0n) is 15.5. The van der Waals surface area contributed by atoms with E-state index in [-0.39, 0.29) is 16.5 Å². The molecule has 0 amide bonds. The molecule has 0 radical (unpaired) electrons. The predicted octanol–water partition coefficient (Wildman–Crippen LogP) is 2.48. The topological polar surface area (TPSA) is 111 Å². The zero-order valence-corrected chi connectivity index (χ0v) is 16.3. The summed E-state index contributed by atoms with van der Waals surface area (Å²) >= 11 is 0. The molecule has 9 nitrogen and oxygen atoms in total. The van der Waals surface area contributed by atoms with Crippen LogP contribution in [0.5, 0.6) is 0 Å². The van der Waals surface area contributed by atoms with E-state index in [1.165, 1.54) is 28.9 Å². The highest BCUT2D eigenvalue weighted by Gasteiger charge is 2.34. The summed E-state index contributed by atoms with van der Waals surface area (Å²) in [5.41, 5.74) is -0.225. The van der Waals surface area contributed by atoms with Crippen molar-refractivity contribution in [2.45, 2.75) is 55.9 Å². The zero-order chi connectivity index (χ0) is 19.7. The molecule has 2 aromatic rings. The summed E-state index contributed by atoms with van der Waals surface area (Å²) in [6.45, 7) is 1.61. The molecular formula is C18H23N5O4S. The van der Waals surface area contributed by atoms with E-state index in [2.05, 4.69) is 14.8 Å². The molecule has 1 fully saturated rings. The Kier molecular flexibility index (Phi) is 5.15. The number of rotatable bonds is 4. The van der Waals surface area contributed by atoms with E-state index in [1.54, 1.807) is 0 Å². The first-order valence-electron chi connectivity index (χ1n) is 9.63. The van der Waals surface area contributed by atoms with Crippen molar-refractivity contribution in [3.63, 3.8) is 0 Å². The number of hydrogen-bond donors (Lipinski definition) is 0. The maximum atomic E-state index is 13.1. The van der Waals surface area contributed by atoms with Crippen LogP contribution in [0.2, 0.25) is 0 Å². The van der Waals surface area contributed by atoms with Gasteiger partial charge < -0.3 is 4.57 Å². The highest BCUT2D eigenvalue weighted by Crippen LogP contribution is 2.31. The minimum absolute atomic E-state index is 0.0124. The summed E-state index contributed by atoms with van der Waals surface area (Å²) in [7, 11) is -3.80. The van der Waals surface area contributed by atoms with Gasteiger partial charge in [-0.2, -0.15) is 4.31 Å². The molecule has 4 rings (SSSR count). The van der Waals surface area contributed by atoms with Gasteiger partial charge in [-0.3, -0.25) is 10.1 Å². The number of hydrogen-bond acceptors (Lipinski definition) is 6. The first-order valence-corrected chi connectivity index (χ1v) is 11.1. The fraction of sp³-hybridized carbons (Fsp3) is 0.556. The Balaban J connectivity index is 1.60. The molecule has 2 aliphatic heterocycles. The van der Waals surface area contributed by atoms with Gasteiger partial charge in [0.05, 0.1) is 9.82 Å². The van der Waals surface area contributed by atoms with Crippen molar-refractivity contribution in [3.05, 3.63) is 46.0 Å². The van der Waals surface area contributed by atoms with Crippen LogP contribution in [-0.4, -0.2) is 45.5 Å². The van der Waals surface area contributed by atoms with Crippen LogP contribution in [0.25, 0.3) is 0 Å². The molecule has 28 heavy (non-hydrogen) atoms. The smallest absolute Gasteiger partial charge is 0.270 e. The van der Waals surface area contributed by atoms with E-state index in [0.29, 0.717) is 13.1 Å². The highest BCUT2D eigenvalue weighted by atomic mass is 32.2. The summed E-state index contributed by atoms with van der Waals surface area (Å²) in [6, 6.07) is 5.24. The van der Waals surface area contributed by atoms with Crippen LogP contribution in [0.15, 0.2) is 29.2 Å². The first kappa shape index (κ1) is 19.0. The van der Waals surface area contributed by atoms with Gasteiger partial charge in [0.1, 0.15) is 11.6 Å². The molecule has 1 saturated heterocycles. The van der Waals surface area contributed by atoms with Gasteiger partial charge in [0.25, 0.3) is 5.69 Å². The number of nitrogens with zero attached hydrogens (tertiary/aromatic N) is 5. The van der Waals surface area contributed by atoms with E-state index in [4.69, 9.17) is 0 Å². The van der Waals surface area contributed by atoms with E-state index in [0.717, 1.165) is 56.4 Å². The molecule has 0 spiro atoms. The second-order valence-electron chi connectivity index (χ2n) is 7.39. The molecule has 1 unspecified atom stereocenters. The number of fused-ring (bicyclic) bond motifs is 1. The Bertz CT molecular complexity index is 988. The lowest BCUT2D eigenvalue weighted by Crippen LogP contribution is -2.39. The van der Waals surface area contributed by atoms with Gasteiger partial charge in [-0.15, -0.1) is 10.2 Å². The number of nitro groups is 1. The van der Waals surface area contributed by atoms with Gasteiger partial charge >= 0.3 is 0 Å². The number of aryl methyl sites for hydroxylation is 1. The van der Waals surface area contributed by atoms with Crippen LogP contribution in [0.1, 0.15) is 49.7 Å². The molecular weight excluding hydrogens is 382 g/mol. The number of benzene rings is 1. The second-order valence-corrected chi connectivity index (χ2v) is 9.33. The van der Waals surface area contributed by atoms with Crippen LogP contribution in [0, 0.1) is 10.1 Å². The molecule has 3 heterocycles. The monoisotopic (exact) mass is 405 g/mol. The van der Waals surface area contributed by atoms with Crippen molar-refractivity contribution < 1.29 is 13.3 Å². The minimum Gasteiger partial charge on any atom is -0.315 e. The SMILES string of the molecule is O=[N+]([O-])c1cccc(S(=O)(=O)N2CCCC(c3nnc4n3CCCCC4)C2)c1. The summed E-state index contributed by atoms with van der Waals surface area (Å²) in [6.07, 6.45) is 5.85. The van der Waals surface area contributed by atoms with Gasteiger partial charge in [-0.05, 0) is 31.7 Å². The molecule has 1 atom stereocenters. The number of aromatic nitrogens is 3. The maximum Gasteiger partial charge on any atom is 0.270 e. The van der Waals surface area contributed by atoms with E-state index in [1.807, 2.05) is 0 Å². The molecule has 0 saturated carbocycles. The number of sulfonamides is 1. The fourth-order valence-corrected chi connectivity index (χ4v) is 5.65. The van der Waals surface area contributed by atoms with Gasteiger partial charge in [0, 0.05) is 44.1 Å². The molecule has 0 aliphatic carbocycles. The van der Waals surface area contributed by atoms with Crippen LogP contribution >= 0.6 is 0 Å². The van der Waals surface area contributed by atoms with Crippen molar-refractivity contribution >= 4 is 15.7 Å². The van der Waals surface area contributed by atoms with Crippen molar-refractivity contribution in [2.75, 3.05) is 13.1 Å². The Morgan fingerprint density at radius 3 is 2.79 bits per heavy atom. The van der Waals surface area contributed by atoms with Crippen molar-refractivity contribution in [3.8, 4) is 0 Å². The summed E-state index contributed by atoms with van der Waals surface area (Å²) in [4.78, 5) is 10.4. The van der Waals surface area contributed by atoms with Gasteiger partial charge in [-0.1, -0.05) is 12.5 Å². The Morgan fingerprint density at radius 2 is 1.96 bits per heavy atom. The Labute approximate surface area is 163 Å². The third kappa shape index (κ3) is 3.53. The summed E-state index contributed by atoms with van der Waals surface area (Å²) in [5.74, 6) is 1.85. The van der Waals surface area contributed by atoms with Crippen molar-refractivity contribution in [1.29, 1.82) is 0 Å². The average molecular weight is 405 g/mol. The lowest BCUT2D eigenvalue weighted by Gasteiger charge is -2.31. The lowest BCUT2D eigenvalue weighted by atomic mass is 9.99. The molecule has 2 aliphatic rings. The van der Waals surface area contributed by atoms with Crippen LogP contribution in [0.3, 0.4) is 0 Å². The minimum atomic E-state index is -3.80. The van der Waals surface area contributed by atoms with Crippen LogP contribution < -0.4 is 0 Å². The molecule has 0 bridgehead atoms. The van der Waals surface area contributed by atoms with Crippen LogP contribution in [-0.2, 0) is 23.0 Å². The van der Waals surface area contributed by atoms with Crippen molar-refractivity contribution in [2.24, 2.45) is 0 Å². The number of piperidine rings is 1. The summed E-state index contributed by atoms with van der Waals surface area (Å²) < 4.78 is 29.8. The lowest BCUT2D eigenvalue weighted by molar-refractivity contribution is -0.385. The van der Waals surface area contributed by atoms with Gasteiger partial charge in [-0.25, -0.2) is 8.42 Å². The van der Waals surface area contributed by atoms with Crippen molar-refractivity contribution in [1.82, 2.24) is 19.1 Å². The standard InChI is InChI=1S/C18H23N5O4S/c24-23(25)15-7-4-8-16(12-15)28(26,27)21-10-5-6-14(13-21)18-20-19-17-9-2-1-3-11-22(17)18/h4,7-8,12,14H,1-3,5-6,9-11,13H2. The normalized spacial score (nSPS) is 21.1. The van der Waals surface area contributed by atoms with Crippen LogP contribution in [0.4, 0.5) is 5.69 Å². The molecule has 1 aromatic heterocycles.